The van der Waals surface area contributed by atoms with Crippen LogP contribution >= 0.6 is 0 Å². The first-order chi connectivity index (χ1) is 18.6. The molecule has 0 aromatic carbocycles. The van der Waals surface area contributed by atoms with Gasteiger partial charge in [0, 0.05) is 26.7 Å². The molecule has 16 heteroatoms. The van der Waals surface area contributed by atoms with Crippen molar-refractivity contribution in [3.8, 4) is 0 Å². The second kappa shape index (κ2) is 24.0. The van der Waals surface area contributed by atoms with Crippen molar-refractivity contribution in [2.45, 2.75) is 48.8 Å². The van der Waals surface area contributed by atoms with Crippen LogP contribution in [0.15, 0.2) is 0 Å². The molecule has 0 aromatic rings. The minimum absolute atomic E-state index is 0.0526. The maximum atomic E-state index is 10.3. The number of hydrogen-bond donors (Lipinski definition) is 10. The van der Waals surface area contributed by atoms with Gasteiger partial charge in [0.2, 0.25) is 0 Å². The van der Waals surface area contributed by atoms with E-state index in [0.717, 1.165) is 0 Å². The molecule has 0 spiro atoms. The monoisotopic (exact) mass is 579 g/mol. The number of rotatable bonds is 27. The van der Waals surface area contributed by atoms with Gasteiger partial charge in [0.1, 0.15) is 36.6 Å². The van der Waals surface area contributed by atoms with Crippen LogP contribution in [0.4, 0.5) is 0 Å². The number of nitrogens with zero attached hydrogens (tertiary/aromatic N) is 1. The van der Waals surface area contributed by atoms with Crippen LogP contribution in [-0.4, -0.2) is 204 Å². The lowest BCUT2D eigenvalue weighted by atomic mass is 10.0. The predicted molar refractivity (Wildman–Crippen MR) is 134 cm³/mol. The van der Waals surface area contributed by atoms with Crippen molar-refractivity contribution in [2.75, 3.05) is 99.4 Å². The van der Waals surface area contributed by atoms with E-state index in [-0.39, 0.29) is 39.5 Å². The molecule has 236 valence electrons. The highest BCUT2D eigenvalue weighted by atomic mass is 16.6. The normalized spacial score (nSPS) is 18.5. The molecule has 10 N–H and O–H groups in total. The van der Waals surface area contributed by atoms with Gasteiger partial charge in [-0.1, -0.05) is 0 Å². The summed E-state index contributed by atoms with van der Waals surface area (Å²) >= 11 is 0. The predicted octanol–water partition coefficient (Wildman–Crippen LogP) is -6.13. The number of hydrogen-bond acceptors (Lipinski definition) is 16. The smallest absolute Gasteiger partial charge is 0.111 e. The Bertz CT molecular complexity index is 522. The highest BCUT2D eigenvalue weighted by molar-refractivity contribution is 4.86. The van der Waals surface area contributed by atoms with Gasteiger partial charge in [0.15, 0.2) is 0 Å². The Labute approximate surface area is 228 Å². The molecule has 16 nitrogen and oxygen atoms in total. The lowest BCUT2D eigenvalue weighted by molar-refractivity contribution is -0.131. The Morgan fingerprint density at radius 3 is 1.10 bits per heavy atom. The third kappa shape index (κ3) is 17.7. The number of methoxy groups -OCH3 is 1. The Morgan fingerprint density at radius 2 is 0.769 bits per heavy atom. The summed E-state index contributed by atoms with van der Waals surface area (Å²) in [5, 5.41) is 97.3. The molecular weight excluding hydrogens is 530 g/mol. The van der Waals surface area contributed by atoms with Crippen molar-refractivity contribution >= 4 is 0 Å². The molecule has 0 aliphatic heterocycles. The molecule has 0 fully saturated rings. The molecule has 0 amide bonds. The highest BCUT2D eigenvalue weighted by Crippen LogP contribution is 2.10. The van der Waals surface area contributed by atoms with E-state index < -0.39 is 62.0 Å². The van der Waals surface area contributed by atoms with Crippen LogP contribution in [0.5, 0.6) is 0 Å². The van der Waals surface area contributed by atoms with Gasteiger partial charge in [0.05, 0.1) is 84.9 Å². The molecule has 0 rings (SSSR count). The zero-order valence-electron chi connectivity index (χ0n) is 22.5. The Kier molecular flexibility index (Phi) is 23.6. The van der Waals surface area contributed by atoms with Gasteiger partial charge in [-0.25, -0.2) is 0 Å². The Morgan fingerprint density at radius 1 is 0.462 bits per heavy atom. The first-order valence-corrected chi connectivity index (χ1v) is 12.8. The molecule has 0 aliphatic rings. The maximum Gasteiger partial charge on any atom is 0.111 e. The van der Waals surface area contributed by atoms with E-state index in [4.69, 9.17) is 33.9 Å². The molecule has 0 radical (unpaired) electrons. The summed E-state index contributed by atoms with van der Waals surface area (Å²) < 4.78 is 26.3. The summed E-state index contributed by atoms with van der Waals surface area (Å²) in [5.74, 6) is 0. The molecule has 0 unspecified atom stereocenters. The van der Waals surface area contributed by atoms with Crippen molar-refractivity contribution in [2.24, 2.45) is 0 Å². The molecule has 0 aromatic heterocycles. The molecular formula is C23H49NO15. The van der Waals surface area contributed by atoms with Crippen LogP contribution in [-0.2, 0) is 23.7 Å². The van der Waals surface area contributed by atoms with Gasteiger partial charge in [-0.05, 0) is 0 Å². The summed E-state index contributed by atoms with van der Waals surface area (Å²) in [5.41, 5.74) is 0. The van der Waals surface area contributed by atoms with Gasteiger partial charge >= 0.3 is 0 Å². The van der Waals surface area contributed by atoms with Crippen molar-refractivity contribution in [3.63, 3.8) is 0 Å². The average Bonchev–Trinajstić information content (AvgIpc) is 2.94. The summed E-state index contributed by atoms with van der Waals surface area (Å²) in [6.45, 7) is 0.721. The van der Waals surface area contributed by atoms with Crippen LogP contribution in [0.1, 0.15) is 0 Å². The van der Waals surface area contributed by atoms with E-state index in [1.54, 1.807) is 7.11 Å². The largest absolute Gasteiger partial charge is 0.394 e. The van der Waals surface area contributed by atoms with Crippen molar-refractivity contribution in [1.82, 2.24) is 4.90 Å². The van der Waals surface area contributed by atoms with Crippen molar-refractivity contribution in [3.05, 3.63) is 0 Å². The van der Waals surface area contributed by atoms with Gasteiger partial charge in [-0.15, -0.1) is 0 Å². The quantitative estimate of drug-likeness (QED) is 0.0406. The second-order valence-electron chi connectivity index (χ2n) is 8.80. The molecule has 0 bridgehead atoms. The van der Waals surface area contributed by atoms with Crippen LogP contribution in [0.25, 0.3) is 0 Å². The van der Waals surface area contributed by atoms with Crippen LogP contribution < -0.4 is 0 Å². The Balaban J connectivity index is 4.56. The van der Waals surface area contributed by atoms with Crippen LogP contribution in [0.2, 0.25) is 0 Å². The molecule has 0 aliphatic carbocycles. The fourth-order valence-electron chi connectivity index (χ4n) is 3.23. The van der Waals surface area contributed by atoms with Crippen LogP contribution in [0, 0.1) is 0 Å². The van der Waals surface area contributed by atoms with Gasteiger partial charge in [-0.2, -0.15) is 0 Å². The molecule has 0 saturated heterocycles. The van der Waals surface area contributed by atoms with E-state index in [9.17, 15) is 40.9 Å². The minimum atomic E-state index is -1.86. The van der Waals surface area contributed by atoms with Gasteiger partial charge in [0.25, 0.3) is 0 Å². The fourth-order valence-corrected chi connectivity index (χ4v) is 3.23. The second-order valence-corrected chi connectivity index (χ2v) is 8.80. The summed E-state index contributed by atoms with van der Waals surface area (Å²) in [7, 11) is 1.59. The lowest BCUT2D eigenvalue weighted by Crippen LogP contribution is -2.53. The average molecular weight is 580 g/mol. The van der Waals surface area contributed by atoms with Gasteiger partial charge in [-0.3, -0.25) is 4.90 Å². The van der Waals surface area contributed by atoms with E-state index in [1.165, 1.54) is 4.90 Å². The van der Waals surface area contributed by atoms with Crippen molar-refractivity contribution < 1.29 is 74.7 Å². The van der Waals surface area contributed by atoms with E-state index in [2.05, 4.69) is 0 Å². The summed E-state index contributed by atoms with van der Waals surface area (Å²) in [4.78, 5) is 1.35. The zero-order chi connectivity index (χ0) is 29.6. The first-order valence-electron chi connectivity index (χ1n) is 12.8. The van der Waals surface area contributed by atoms with Crippen LogP contribution in [0.3, 0.4) is 0 Å². The van der Waals surface area contributed by atoms with E-state index in [0.29, 0.717) is 39.6 Å². The Hall–Kier alpha value is -0.640. The number of aliphatic hydroxyl groups excluding tert-OH is 10. The molecule has 39 heavy (non-hydrogen) atoms. The number of aliphatic hydroxyl groups is 10. The summed E-state index contributed by atoms with van der Waals surface area (Å²) in [6, 6.07) is 0. The lowest BCUT2D eigenvalue weighted by Gasteiger charge is -2.33. The zero-order valence-corrected chi connectivity index (χ0v) is 22.5. The van der Waals surface area contributed by atoms with Crippen molar-refractivity contribution in [1.29, 1.82) is 0 Å². The SMILES string of the molecule is COCCOCCOCCOCCOCCN(C[C@H](O)[C@@H](O)[C@H](O)[C@H](O)CO)C[C@H](O)[C@@H](O)[C@H](O)[C@H](O)CO. The minimum Gasteiger partial charge on any atom is -0.394 e. The standard InChI is InChI=1S/C23H49NO15/c1-35-4-5-37-8-9-39-11-10-38-7-6-36-3-2-24(12-16(27)20(31)22(33)18(29)14-25)13-17(28)21(32)23(34)19(30)15-26/h16-23,25-34H,2-15H2,1H3/t16-,17-,18+,19+,20+,21+,22+,23+/m0/s1. The first kappa shape index (κ1) is 38.4. The summed E-state index contributed by atoms with van der Waals surface area (Å²) in [6.07, 6.45) is -14.1. The molecule has 0 saturated carbocycles. The molecule has 8 atom stereocenters. The van der Waals surface area contributed by atoms with Gasteiger partial charge < -0.3 is 74.7 Å². The third-order valence-corrected chi connectivity index (χ3v) is 5.64. The third-order valence-electron chi connectivity index (χ3n) is 5.64. The van der Waals surface area contributed by atoms with E-state index in [1.807, 2.05) is 0 Å². The highest BCUT2D eigenvalue weighted by Gasteiger charge is 2.34. The fraction of sp³-hybridized carbons (Fsp3) is 1.00. The maximum absolute atomic E-state index is 10.3. The number of ether oxygens (including phenoxy) is 5. The molecule has 0 heterocycles. The van der Waals surface area contributed by atoms with E-state index >= 15 is 0 Å². The topological polar surface area (TPSA) is 252 Å².